The first kappa shape index (κ1) is 24.4. The molecule has 0 aliphatic rings. The van der Waals surface area contributed by atoms with Crippen LogP contribution in [0, 0.1) is 6.92 Å². The summed E-state index contributed by atoms with van der Waals surface area (Å²) in [7, 11) is -4.01. The fraction of sp³-hybridized carbons (Fsp3) is 0.632. The Balaban J connectivity index is 2.93. The van der Waals surface area contributed by atoms with Crippen molar-refractivity contribution >= 4 is 16.2 Å². The number of aryl methyl sites for hydroxylation is 1. The van der Waals surface area contributed by atoms with Gasteiger partial charge in [0.25, 0.3) is 10.1 Å². The molecule has 1 N–H and O–H groups in total. The van der Waals surface area contributed by atoms with Crippen molar-refractivity contribution in [3.8, 4) is 0 Å². The lowest BCUT2D eigenvalue weighted by atomic mass is 10.2. The second-order valence-corrected chi connectivity index (χ2v) is 8.70. The zero-order chi connectivity index (χ0) is 21.4. The number of hydrogen-bond donors (Lipinski definition) is 1. The van der Waals surface area contributed by atoms with E-state index in [1.807, 2.05) is 6.92 Å². The van der Waals surface area contributed by atoms with Crippen LogP contribution in [-0.2, 0) is 28.5 Å². The van der Waals surface area contributed by atoms with Gasteiger partial charge in [0, 0.05) is 13.2 Å². The highest BCUT2D eigenvalue weighted by atomic mass is 32.2. The zero-order valence-corrected chi connectivity index (χ0v) is 18.2. The number of nitrogens with one attached hydrogen (secondary N) is 1. The Kier molecular flexibility index (Phi) is 9.35. The number of ether oxygens (including phenoxy) is 3. The molecule has 0 spiro atoms. The minimum absolute atomic E-state index is 0.0264. The topological polar surface area (TPSA) is 100 Å². The monoisotopic (exact) mass is 417 g/mol. The first-order valence-corrected chi connectivity index (χ1v) is 10.6. The molecular formula is C19H31NO7S. The van der Waals surface area contributed by atoms with Crippen LogP contribution in [0.25, 0.3) is 0 Å². The largest absolute Gasteiger partial charge is 0.444 e. The lowest BCUT2D eigenvalue weighted by Gasteiger charge is -2.28. The van der Waals surface area contributed by atoms with Crippen molar-refractivity contribution in [2.45, 2.75) is 64.4 Å². The maximum atomic E-state index is 12.5. The molecule has 0 aromatic heterocycles. The van der Waals surface area contributed by atoms with Gasteiger partial charge in [-0.25, -0.2) is 4.79 Å². The summed E-state index contributed by atoms with van der Waals surface area (Å²) in [6, 6.07) is 5.38. The van der Waals surface area contributed by atoms with Crippen LogP contribution < -0.4 is 5.32 Å². The molecule has 0 bridgehead atoms. The third-order valence-corrected chi connectivity index (χ3v) is 4.70. The minimum Gasteiger partial charge on any atom is -0.444 e. The van der Waals surface area contributed by atoms with E-state index in [9.17, 15) is 13.2 Å². The molecule has 0 saturated heterocycles. The van der Waals surface area contributed by atoms with Crippen LogP contribution in [0.3, 0.4) is 0 Å². The molecule has 0 aliphatic carbocycles. The van der Waals surface area contributed by atoms with Gasteiger partial charge in [0.15, 0.2) is 6.29 Å². The van der Waals surface area contributed by atoms with E-state index in [-0.39, 0.29) is 11.5 Å². The molecule has 9 heteroatoms. The second kappa shape index (κ2) is 10.8. The molecule has 160 valence electrons. The molecule has 0 fully saturated rings. The summed E-state index contributed by atoms with van der Waals surface area (Å²) in [4.78, 5) is 12.2. The summed E-state index contributed by atoms with van der Waals surface area (Å²) >= 11 is 0. The average Bonchev–Trinajstić information content (AvgIpc) is 2.57. The Morgan fingerprint density at radius 3 is 2.07 bits per heavy atom. The van der Waals surface area contributed by atoms with Crippen LogP contribution in [-0.4, -0.2) is 52.3 Å². The Bertz CT molecular complexity index is 705. The van der Waals surface area contributed by atoms with Gasteiger partial charge in [-0.15, -0.1) is 0 Å². The fourth-order valence-corrected chi connectivity index (χ4v) is 3.12. The van der Waals surface area contributed by atoms with Gasteiger partial charge in [0.05, 0.1) is 11.5 Å². The van der Waals surface area contributed by atoms with Crippen LogP contribution in [0.1, 0.15) is 40.2 Å². The van der Waals surface area contributed by atoms with Crippen molar-refractivity contribution in [3.63, 3.8) is 0 Å². The normalized spacial score (nSPS) is 13.4. The number of carbonyl (C=O) groups is 1. The Morgan fingerprint density at radius 2 is 1.61 bits per heavy atom. The SMILES string of the molecule is CCOC(OCC)C(COS(=O)(=O)c1ccc(C)cc1)NC(=O)OC(C)(C)C. The van der Waals surface area contributed by atoms with Crippen LogP contribution in [0.15, 0.2) is 29.2 Å². The molecule has 8 nitrogen and oxygen atoms in total. The molecule has 1 unspecified atom stereocenters. The van der Waals surface area contributed by atoms with Crippen molar-refractivity contribution in [2.75, 3.05) is 19.8 Å². The molecule has 1 amide bonds. The van der Waals surface area contributed by atoms with Crippen molar-refractivity contribution in [2.24, 2.45) is 0 Å². The number of hydrogen-bond acceptors (Lipinski definition) is 7. The smallest absolute Gasteiger partial charge is 0.408 e. The molecule has 0 aliphatic heterocycles. The number of carbonyl (C=O) groups excluding carboxylic acids is 1. The molecule has 0 saturated carbocycles. The van der Waals surface area contributed by atoms with Crippen LogP contribution >= 0.6 is 0 Å². The van der Waals surface area contributed by atoms with Gasteiger partial charge < -0.3 is 19.5 Å². The molecule has 1 aromatic rings. The van der Waals surface area contributed by atoms with E-state index in [1.54, 1.807) is 46.8 Å². The highest BCUT2D eigenvalue weighted by molar-refractivity contribution is 7.86. The van der Waals surface area contributed by atoms with Gasteiger partial charge >= 0.3 is 6.09 Å². The third kappa shape index (κ3) is 8.55. The molecule has 0 heterocycles. The molecular weight excluding hydrogens is 386 g/mol. The lowest BCUT2D eigenvalue weighted by Crippen LogP contribution is -2.50. The zero-order valence-electron chi connectivity index (χ0n) is 17.4. The quantitative estimate of drug-likeness (QED) is 0.461. The maximum absolute atomic E-state index is 12.5. The van der Waals surface area contributed by atoms with Crippen molar-refractivity contribution < 1.29 is 31.6 Å². The molecule has 1 atom stereocenters. The standard InChI is InChI=1S/C19H31NO7S/c1-7-24-17(25-8-2)16(20-18(21)27-19(4,5)6)13-26-28(22,23)15-11-9-14(3)10-12-15/h9-12,16-17H,7-8,13H2,1-6H3,(H,20,21). The first-order chi connectivity index (χ1) is 13.0. The number of amides is 1. The van der Waals surface area contributed by atoms with E-state index in [2.05, 4.69) is 5.32 Å². The average molecular weight is 418 g/mol. The van der Waals surface area contributed by atoms with Gasteiger partial charge in [0.1, 0.15) is 11.6 Å². The van der Waals surface area contributed by atoms with Crippen LogP contribution in [0.2, 0.25) is 0 Å². The summed E-state index contributed by atoms with van der Waals surface area (Å²) in [6.45, 7) is 10.8. The summed E-state index contributed by atoms with van der Waals surface area (Å²) < 4.78 is 46.3. The summed E-state index contributed by atoms with van der Waals surface area (Å²) in [5.41, 5.74) is 0.215. The van der Waals surface area contributed by atoms with E-state index < -0.39 is 34.1 Å². The van der Waals surface area contributed by atoms with E-state index in [1.165, 1.54) is 12.1 Å². The van der Waals surface area contributed by atoms with Crippen molar-refractivity contribution in [1.82, 2.24) is 5.32 Å². The van der Waals surface area contributed by atoms with E-state index >= 15 is 0 Å². The van der Waals surface area contributed by atoms with Gasteiger partial charge in [-0.2, -0.15) is 8.42 Å². The van der Waals surface area contributed by atoms with E-state index in [0.29, 0.717) is 13.2 Å². The van der Waals surface area contributed by atoms with Gasteiger partial charge in [-0.05, 0) is 53.7 Å². The van der Waals surface area contributed by atoms with E-state index in [4.69, 9.17) is 18.4 Å². The molecule has 1 rings (SSSR count). The van der Waals surface area contributed by atoms with Gasteiger partial charge in [-0.1, -0.05) is 17.7 Å². The highest BCUT2D eigenvalue weighted by Gasteiger charge is 2.29. The van der Waals surface area contributed by atoms with Crippen molar-refractivity contribution in [1.29, 1.82) is 0 Å². The number of alkyl carbamates (subject to hydrolysis) is 1. The highest BCUT2D eigenvalue weighted by Crippen LogP contribution is 2.15. The summed E-state index contributed by atoms with van der Waals surface area (Å²) in [5.74, 6) is 0. The lowest BCUT2D eigenvalue weighted by molar-refractivity contribution is -0.157. The minimum atomic E-state index is -4.01. The molecule has 1 aromatic carbocycles. The maximum Gasteiger partial charge on any atom is 0.408 e. The Morgan fingerprint density at radius 1 is 1.07 bits per heavy atom. The molecule has 0 radical (unpaired) electrons. The summed E-state index contributed by atoms with van der Waals surface area (Å²) in [5, 5.41) is 2.58. The number of benzene rings is 1. The van der Waals surface area contributed by atoms with Crippen molar-refractivity contribution in [3.05, 3.63) is 29.8 Å². The second-order valence-electron chi connectivity index (χ2n) is 7.08. The third-order valence-electron chi connectivity index (χ3n) is 3.40. The summed E-state index contributed by atoms with van der Waals surface area (Å²) in [6.07, 6.45) is -1.62. The Hall–Kier alpha value is -1.68. The van der Waals surface area contributed by atoms with E-state index in [0.717, 1.165) is 5.56 Å². The first-order valence-electron chi connectivity index (χ1n) is 9.17. The van der Waals surface area contributed by atoms with Crippen LogP contribution in [0.5, 0.6) is 0 Å². The predicted octanol–water partition coefficient (Wildman–Crippen LogP) is 2.99. The molecule has 28 heavy (non-hydrogen) atoms. The predicted molar refractivity (Wildman–Crippen MR) is 105 cm³/mol. The number of rotatable bonds is 10. The fourth-order valence-electron chi connectivity index (χ4n) is 2.19. The van der Waals surface area contributed by atoms with Gasteiger partial charge in [-0.3, -0.25) is 4.18 Å². The Labute approximate surface area is 167 Å². The van der Waals surface area contributed by atoms with Crippen LogP contribution in [0.4, 0.5) is 4.79 Å². The van der Waals surface area contributed by atoms with Gasteiger partial charge in [0.2, 0.25) is 0 Å².